The van der Waals surface area contributed by atoms with Crippen molar-refractivity contribution in [2.45, 2.75) is 13.8 Å². The fourth-order valence-corrected chi connectivity index (χ4v) is 1.85. The van der Waals surface area contributed by atoms with Crippen LogP contribution in [0.4, 0.5) is 11.5 Å². The molecule has 0 unspecified atom stereocenters. The van der Waals surface area contributed by atoms with Crippen LogP contribution in [0.1, 0.15) is 12.5 Å². The number of anilines is 1. The average molecular weight is 258 g/mol. The lowest BCUT2D eigenvalue weighted by Crippen LogP contribution is -2.06. The number of aryl methyl sites for hydroxylation is 1. The van der Waals surface area contributed by atoms with Crippen molar-refractivity contribution in [3.63, 3.8) is 0 Å². The molecule has 0 aliphatic heterocycles. The normalized spacial score (nSPS) is 10.2. The van der Waals surface area contributed by atoms with E-state index in [2.05, 4.69) is 15.3 Å². The first-order valence-electron chi connectivity index (χ1n) is 5.93. The van der Waals surface area contributed by atoms with E-state index in [1.807, 2.05) is 32.0 Å². The Labute approximate surface area is 110 Å². The van der Waals surface area contributed by atoms with E-state index in [1.54, 1.807) is 6.07 Å². The van der Waals surface area contributed by atoms with E-state index in [-0.39, 0.29) is 11.5 Å². The van der Waals surface area contributed by atoms with Gasteiger partial charge in [-0.15, -0.1) is 0 Å². The number of benzene rings is 1. The molecule has 0 atom stereocenters. The van der Waals surface area contributed by atoms with Crippen molar-refractivity contribution in [3.8, 4) is 11.3 Å². The second-order valence-corrected chi connectivity index (χ2v) is 4.08. The first kappa shape index (κ1) is 12.9. The Hall–Kier alpha value is -2.50. The van der Waals surface area contributed by atoms with E-state index in [0.29, 0.717) is 17.8 Å². The highest BCUT2D eigenvalue weighted by Gasteiger charge is 2.23. The van der Waals surface area contributed by atoms with Gasteiger partial charge in [0.1, 0.15) is 6.33 Å². The third kappa shape index (κ3) is 2.67. The van der Waals surface area contributed by atoms with Gasteiger partial charge in [0.15, 0.2) is 5.69 Å². The topological polar surface area (TPSA) is 81.0 Å². The van der Waals surface area contributed by atoms with Gasteiger partial charge < -0.3 is 5.32 Å². The van der Waals surface area contributed by atoms with Crippen LogP contribution in [-0.4, -0.2) is 21.4 Å². The molecule has 0 saturated carbocycles. The molecule has 0 fully saturated rings. The van der Waals surface area contributed by atoms with Gasteiger partial charge in [0.05, 0.1) is 4.92 Å². The molecule has 2 aromatic rings. The summed E-state index contributed by atoms with van der Waals surface area (Å²) in [5, 5.41) is 14.2. The number of nitrogens with zero attached hydrogens (tertiary/aromatic N) is 3. The van der Waals surface area contributed by atoms with Crippen molar-refractivity contribution in [1.29, 1.82) is 0 Å². The summed E-state index contributed by atoms with van der Waals surface area (Å²) in [4.78, 5) is 18.8. The number of nitro groups is 1. The molecule has 6 nitrogen and oxygen atoms in total. The molecule has 0 amide bonds. The lowest BCUT2D eigenvalue weighted by atomic mass is 10.1. The molecule has 0 aliphatic carbocycles. The summed E-state index contributed by atoms with van der Waals surface area (Å²) >= 11 is 0. The number of rotatable bonds is 4. The summed E-state index contributed by atoms with van der Waals surface area (Å²) in [5.41, 5.74) is 1.98. The molecule has 0 saturated heterocycles. The van der Waals surface area contributed by atoms with Gasteiger partial charge in [0.25, 0.3) is 0 Å². The third-order valence-electron chi connectivity index (χ3n) is 2.64. The highest BCUT2D eigenvalue weighted by molar-refractivity contribution is 5.76. The van der Waals surface area contributed by atoms with Gasteiger partial charge in [-0.2, -0.15) is 0 Å². The van der Waals surface area contributed by atoms with Crippen molar-refractivity contribution in [2.24, 2.45) is 0 Å². The molecule has 0 spiro atoms. The van der Waals surface area contributed by atoms with E-state index in [1.165, 1.54) is 6.33 Å². The molecule has 6 heteroatoms. The maximum Gasteiger partial charge on any atom is 0.337 e. The second kappa shape index (κ2) is 5.43. The Kier molecular flexibility index (Phi) is 3.70. The first-order valence-corrected chi connectivity index (χ1v) is 5.93. The van der Waals surface area contributed by atoms with Crippen LogP contribution in [0.25, 0.3) is 11.3 Å². The lowest BCUT2D eigenvalue weighted by Gasteiger charge is -2.07. The zero-order chi connectivity index (χ0) is 13.8. The molecule has 1 aromatic carbocycles. The van der Waals surface area contributed by atoms with Crippen molar-refractivity contribution in [1.82, 2.24) is 9.97 Å². The van der Waals surface area contributed by atoms with E-state index >= 15 is 0 Å². The number of hydrogen-bond donors (Lipinski definition) is 1. The SMILES string of the molecule is CCNc1ncnc(-c2cccc(C)c2)c1[N+](=O)[O-]. The van der Waals surface area contributed by atoms with Crippen LogP contribution in [-0.2, 0) is 0 Å². The Balaban J connectivity index is 2.62. The molecule has 1 N–H and O–H groups in total. The standard InChI is InChI=1S/C13H14N4O2/c1-3-14-13-12(17(18)19)11(15-8-16-13)10-6-4-5-9(2)7-10/h4-8H,3H2,1-2H3,(H,14,15,16). The van der Waals surface area contributed by atoms with Crippen molar-refractivity contribution in [2.75, 3.05) is 11.9 Å². The van der Waals surface area contributed by atoms with Crippen LogP contribution in [0.5, 0.6) is 0 Å². The van der Waals surface area contributed by atoms with Crippen LogP contribution in [0.2, 0.25) is 0 Å². The summed E-state index contributed by atoms with van der Waals surface area (Å²) in [6.07, 6.45) is 1.34. The van der Waals surface area contributed by atoms with Gasteiger partial charge in [-0.1, -0.05) is 23.8 Å². The van der Waals surface area contributed by atoms with Gasteiger partial charge in [-0.3, -0.25) is 10.1 Å². The molecule has 0 radical (unpaired) electrons. The van der Waals surface area contributed by atoms with Gasteiger partial charge >= 0.3 is 5.69 Å². The van der Waals surface area contributed by atoms with Crippen molar-refractivity contribution < 1.29 is 4.92 Å². The molecule has 0 aliphatic rings. The van der Waals surface area contributed by atoms with Crippen molar-refractivity contribution in [3.05, 3.63) is 46.3 Å². The molecule has 19 heavy (non-hydrogen) atoms. The minimum Gasteiger partial charge on any atom is -0.365 e. The molecule has 1 heterocycles. The minimum absolute atomic E-state index is 0.0880. The predicted octanol–water partition coefficient (Wildman–Crippen LogP) is 2.79. The van der Waals surface area contributed by atoms with Gasteiger partial charge in [-0.25, -0.2) is 9.97 Å². The van der Waals surface area contributed by atoms with Gasteiger partial charge in [-0.05, 0) is 19.9 Å². The van der Waals surface area contributed by atoms with Crippen molar-refractivity contribution >= 4 is 11.5 Å². The molecular weight excluding hydrogens is 244 g/mol. The van der Waals surface area contributed by atoms with E-state index in [4.69, 9.17) is 0 Å². The van der Waals surface area contributed by atoms with E-state index < -0.39 is 4.92 Å². The van der Waals surface area contributed by atoms with Crippen LogP contribution in [0.15, 0.2) is 30.6 Å². The van der Waals surface area contributed by atoms with E-state index in [0.717, 1.165) is 5.56 Å². The maximum absolute atomic E-state index is 11.3. The molecule has 2 rings (SSSR count). The fraction of sp³-hybridized carbons (Fsp3) is 0.231. The minimum atomic E-state index is -0.449. The summed E-state index contributed by atoms with van der Waals surface area (Å²) < 4.78 is 0. The zero-order valence-electron chi connectivity index (χ0n) is 10.8. The average Bonchev–Trinajstić information content (AvgIpc) is 2.38. The monoisotopic (exact) mass is 258 g/mol. The summed E-state index contributed by atoms with van der Waals surface area (Å²) in [6, 6.07) is 7.45. The van der Waals surface area contributed by atoms with Crippen LogP contribution >= 0.6 is 0 Å². The summed E-state index contributed by atoms with van der Waals surface area (Å²) in [6.45, 7) is 4.35. The third-order valence-corrected chi connectivity index (χ3v) is 2.64. The number of aromatic nitrogens is 2. The zero-order valence-corrected chi connectivity index (χ0v) is 10.8. The van der Waals surface area contributed by atoms with Gasteiger partial charge in [0.2, 0.25) is 5.82 Å². The van der Waals surface area contributed by atoms with Crippen LogP contribution in [0.3, 0.4) is 0 Å². The Morgan fingerprint density at radius 3 is 2.79 bits per heavy atom. The Bertz CT molecular complexity index is 613. The first-order chi connectivity index (χ1) is 9.13. The lowest BCUT2D eigenvalue weighted by molar-refractivity contribution is -0.383. The Morgan fingerprint density at radius 1 is 1.37 bits per heavy atom. The Morgan fingerprint density at radius 2 is 2.16 bits per heavy atom. The smallest absolute Gasteiger partial charge is 0.337 e. The fourth-order valence-electron chi connectivity index (χ4n) is 1.85. The molecular formula is C13H14N4O2. The molecule has 0 bridgehead atoms. The second-order valence-electron chi connectivity index (χ2n) is 4.08. The number of hydrogen-bond acceptors (Lipinski definition) is 5. The quantitative estimate of drug-likeness (QED) is 0.673. The van der Waals surface area contributed by atoms with E-state index in [9.17, 15) is 10.1 Å². The predicted molar refractivity (Wildman–Crippen MR) is 73.0 cm³/mol. The van der Waals surface area contributed by atoms with Crippen LogP contribution in [0, 0.1) is 17.0 Å². The largest absolute Gasteiger partial charge is 0.365 e. The highest BCUT2D eigenvalue weighted by Crippen LogP contribution is 2.32. The molecule has 1 aromatic heterocycles. The van der Waals surface area contributed by atoms with Crippen LogP contribution < -0.4 is 5.32 Å². The maximum atomic E-state index is 11.3. The van der Waals surface area contributed by atoms with Gasteiger partial charge in [0, 0.05) is 12.1 Å². The molecule has 98 valence electrons. The summed E-state index contributed by atoms with van der Waals surface area (Å²) in [7, 11) is 0. The highest BCUT2D eigenvalue weighted by atomic mass is 16.6. The number of nitrogens with one attached hydrogen (secondary N) is 1. The summed E-state index contributed by atoms with van der Waals surface area (Å²) in [5.74, 6) is 0.249.